The van der Waals surface area contributed by atoms with Gasteiger partial charge in [-0.05, 0) is 57.0 Å². The van der Waals surface area contributed by atoms with Gasteiger partial charge in [0.05, 0.1) is 22.0 Å². The lowest BCUT2D eigenvalue weighted by Crippen LogP contribution is -2.40. The molecule has 3 heterocycles. The summed E-state index contributed by atoms with van der Waals surface area (Å²) in [6, 6.07) is 15.6. The minimum atomic E-state index is -0.0931. The summed E-state index contributed by atoms with van der Waals surface area (Å²) in [5.41, 5.74) is 4.79. The number of carbonyl (C=O) groups excluding carboxylic acids is 1. The SMILES string of the molecule is Cc1ccc(-n2nc(C)c3sc(N4CCC[C@H](C(=O)Nc5cccc(Cl)c5)C4)nc32)cc1. The largest absolute Gasteiger partial charge is 0.347 e. The van der Waals surface area contributed by atoms with Gasteiger partial charge in [0.25, 0.3) is 0 Å². The van der Waals surface area contributed by atoms with E-state index < -0.39 is 0 Å². The number of fused-ring (bicyclic) bond motifs is 1. The molecule has 6 nitrogen and oxygen atoms in total. The van der Waals surface area contributed by atoms with Gasteiger partial charge < -0.3 is 10.2 Å². The van der Waals surface area contributed by atoms with E-state index in [0.717, 1.165) is 51.9 Å². The van der Waals surface area contributed by atoms with E-state index >= 15 is 0 Å². The highest BCUT2D eigenvalue weighted by atomic mass is 35.5. The van der Waals surface area contributed by atoms with Crippen LogP contribution < -0.4 is 10.2 Å². The smallest absolute Gasteiger partial charge is 0.229 e. The standard InChI is InChI=1S/C24H24ClN5OS/c1-15-8-10-20(11-9-15)30-22-21(16(2)28-30)32-24(27-22)29-12-4-5-17(14-29)23(31)26-19-7-3-6-18(25)13-19/h3,6-11,13,17H,4-5,12,14H2,1-2H3,(H,26,31)/t17-/m0/s1. The van der Waals surface area contributed by atoms with Gasteiger partial charge in [-0.3, -0.25) is 4.79 Å². The van der Waals surface area contributed by atoms with Gasteiger partial charge in [0, 0.05) is 23.8 Å². The van der Waals surface area contributed by atoms with Gasteiger partial charge >= 0.3 is 0 Å². The Hall–Kier alpha value is -2.90. The maximum atomic E-state index is 12.9. The fourth-order valence-electron chi connectivity index (χ4n) is 4.10. The molecular weight excluding hydrogens is 442 g/mol. The van der Waals surface area contributed by atoms with Crippen LogP contribution in [0.5, 0.6) is 0 Å². The maximum absolute atomic E-state index is 12.9. The molecule has 1 saturated heterocycles. The van der Waals surface area contributed by atoms with E-state index in [1.54, 1.807) is 23.5 Å². The minimum Gasteiger partial charge on any atom is -0.347 e. The van der Waals surface area contributed by atoms with Crippen molar-refractivity contribution in [2.75, 3.05) is 23.3 Å². The van der Waals surface area contributed by atoms with E-state index in [9.17, 15) is 4.79 Å². The van der Waals surface area contributed by atoms with E-state index in [-0.39, 0.29) is 11.8 Å². The van der Waals surface area contributed by atoms with E-state index in [2.05, 4.69) is 41.4 Å². The number of anilines is 2. The lowest BCUT2D eigenvalue weighted by Gasteiger charge is -2.31. The number of rotatable bonds is 4. The zero-order chi connectivity index (χ0) is 22.2. The van der Waals surface area contributed by atoms with Crippen LogP contribution in [-0.2, 0) is 4.79 Å². The van der Waals surface area contributed by atoms with Crippen molar-refractivity contribution in [2.45, 2.75) is 26.7 Å². The topological polar surface area (TPSA) is 63.1 Å². The van der Waals surface area contributed by atoms with Crippen LogP contribution in [0.3, 0.4) is 0 Å². The summed E-state index contributed by atoms with van der Waals surface area (Å²) in [7, 11) is 0. The van der Waals surface area contributed by atoms with E-state index in [4.69, 9.17) is 21.7 Å². The number of amides is 1. The molecule has 32 heavy (non-hydrogen) atoms. The molecule has 1 atom stereocenters. The van der Waals surface area contributed by atoms with Crippen LogP contribution in [0.2, 0.25) is 5.02 Å². The van der Waals surface area contributed by atoms with Gasteiger partial charge in [-0.15, -0.1) is 0 Å². The van der Waals surface area contributed by atoms with Crippen molar-refractivity contribution in [3.8, 4) is 5.69 Å². The highest BCUT2D eigenvalue weighted by Gasteiger charge is 2.28. The van der Waals surface area contributed by atoms with Crippen molar-refractivity contribution in [3.63, 3.8) is 0 Å². The lowest BCUT2D eigenvalue weighted by atomic mass is 9.97. The molecule has 1 fully saturated rings. The third-order valence-electron chi connectivity index (χ3n) is 5.81. The van der Waals surface area contributed by atoms with Gasteiger partial charge in [-0.2, -0.15) is 10.1 Å². The van der Waals surface area contributed by atoms with Crippen molar-refractivity contribution in [3.05, 3.63) is 64.8 Å². The number of piperidine rings is 1. The number of halogens is 1. The van der Waals surface area contributed by atoms with Crippen LogP contribution in [0.25, 0.3) is 16.0 Å². The highest BCUT2D eigenvalue weighted by Crippen LogP contribution is 2.34. The lowest BCUT2D eigenvalue weighted by molar-refractivity contribution is -0.120. The molecule has 0 unspecified atom stereocenters. The summed E-state index contributed by atoms with van der Waals surface area (Å²) in [6.07, 6.45) is 1.82. The predicted octanol–water partition coefficient (Wildman–Crippen LogP) is 5.61. The van der Waals surface area contributed by atoms with Gasteiger partial charge in [-0.25, -0.2) is 4.68 Å². The molecule has 0 spiro atoms. The molecule has 2 aromatic carbocycles. The third kappa shape index (κ3) is 4.10. The molecule has 1 amide bonds. The molecule has 0 bridgehead atoms. The fraction of sp³-hybridized carbons (Fsp3) is 0.292. The monoisotopic (exact) mass is 465 g/mol. The quantitative estimate of drug-likeness (QED) is 0.425. The second-order valence-electron chi connectivity index (χ2n) is 8.27. The first kappa shape index (κ1) is 21.0. The van der Waals surface area contributed by atoms with Crippen LogP contribution in [0.4, 0.5) is 10.8 Å². The van der Waals surface area contributed by atoms with E-state index in [1.165, 1.54) is 5.56 Å². The van der Waals surface area contributed by atoms with Gasteiger partial charge in [0.1, 0.15) is 0 Å². The number of thiazole rings is 1. The van der Waals surface area contributed by atoms with Crippen LogP contribution in [-0.4, -0.2) is 33.8 Å². The van der Waals surface area contributed by atoms with Gasteiger partial charge in [-0.1, -0.05) is 46.7 Å². The van der Waals surface area contributed by atoms with Crippen molar-refractivity contribution in [2.24, 2.45) is 5.92 Å². The first-order valence-corrected chi connectivity index (χ1v) is 11.9. The number of benzene rings is 2. The Morgan fingerprint density at radius 3 is 2.78 bits per heavy atom. The molecule has 4 aromatic rings. The van der Waals surface area contributed by atoms with Crippen LogP contribution in [0.1, 0.15) is 24.1 Å². The molecule has 1 aliphatic rings. The summed E-state index contributed by atoms with van der Waals surface area (Å²) in [4.78, 5) is 20.1. The second-order valence-corrected chi connectivity index (χ2v) is 9.68. The number of aromatic nitrogens is 3. The summed E-state index contributed by atoms with van der Waals surface area (Å²) < 4.78 is 3.00. The van der Waals surface area contributed by atoms with E-state index in [1.807, 2.05) is 23.7 Å². The summed E-state index contributed by atoms with van der Waals surface area (Å²) >= 11 is 7.70. The van der Waals surface area contributed by atoms with Crippen LogP contribution >= 0.6 is 22.9 Å². The Morgan fingerprint density at radius 1 is 1.19 bits per heavy atom. The molecule has 1 aliphatic heterocycles. The summed E-state index contributed by atoms with van der Waals surface area (Å²) in [5, 5.41) is 9.27. The Bertz CT molecular complexity index is 1280. The van der Waals surface area contributed by atoms with E-state index in [0.29, 0.717) is 11.6 Å². The van der Waals surface area contributed by atoms with Crippen molar-refractivity contribution >= 4 is 50.0 Å². The summed E-state index contributed by atoms with van der Waals surface area (Å²) in [5.74, 6) is -0.0653. The number of hydrogen-bond acceptors (Lipinski definition) is 5. The Balaban J connectivity index is 1.37. The molecule has 8 heteroatoms. The number of carbonyl (C=O) groups is 1. The Kier molecular flexibility index (Phi) is 5.61. The molecule has 1 N–H and O–H groups in total. The average Bonchev–Trinajstić information content (AvgIpc) is 3.35. The number of nitrogens with one attached hydrogen (secondary N) is 1. The molecule has 5 rings (SSSR count). The van der Waals surface area contributed by atoms with Crippen LogP contribution in [0, 0.1) is 19.8 Å². The number of nitrogens with zero attached hydrogens (tertiary/aromatic N) is 4. The molecule has 0 radical (unpaired) electrons. The van der Waals surface area contributed by atoms with Gasteiger partial charge in [0.2, 0.25) is 5.91 Å². The summed E-state index contributed by atoms with van der Waals surface area (Å²) in [6.45, 7) is 5.64. The molecule has 2 aromatic heterocycles. The first-order chi connectivity index (χ1) is 15.5. The number of aryl methyl sites for hydroxylation is 2. The zero-order valence-electron chi connectivity index (χ0n) is 18.0. The first-order valence-electron chi connectivity index (χ1n) is 10.7. The highest BCUT2D eigenvalue weighted by molar-refractivity contribution is 7.22. The van der Waals surface area contributed by atoms with Crippen molar-refractivity contribution < 1.29 is 4.79 Å². The second kappa shape index (κ2) is 8.56. The van der Waals surface area contributed by atoms with Crippen LogP contribution in [0.15, 0.2) is 48.5 Å². The molecule has 0 saturated carbocycles. The maximum Gasteiger partial charge on any atom is 0.229 e. The minimum absolute atomic E-state index is 0.0279. The zero-order valence-corrected chi connectivity index (χ0v) is 19.6. The molecule has 0 aliphatic carbocycles. The van der Waals surface area contributed by atoms with Gasteiger partial charge in [0.15, 0.2) is 10.8 Å². The third-order valence-corrected chi connectivity index (χ3v) is 7.26. The number of hydrogen-bond donors (Lipinski definition) is 1. The predicted molar refractivity (Wildman–Crippen MR) is 131 cm³/mol. The van der Waals surface area contributed by atoms with Crippen molar-refractivity contribution in [1.29, 1.82) is 0 Å². The normalized spacial score (nSPS) is 16.5. The molecule has 164 valence electrons. The Morgan fingerprint density at radius 2 is 2.00 bits per heavy atom. The molecular formula is C24H24ClN5OS. The average molecular weight is 466 g/mol. The fourth-order valence-corrected chi connectivity index (χ4v) is 5.31. The Labute approximate surface area is 195 Å². The van der Waals surface area contributed by atoms with Crippen molar-refractivity contribution in [1.82, 2.24) is 14.8 Å².